The van der Waals surface area contributed by atoms with Crippen LogP contribution in [0.3, 0.4) is 0 Å². The van der Waals surface area contributed by atoms with E-state index in [0.29, 0.717) is 6.54 Å². The first-order valence-electron chi connectivity index (χ1n) is 7.50. The molecular weight excluding hydrogens is 248 g/mol. The zero-order valence-corrected chi connectivity index (χ0v) is 13.1. The summed E-state index contributed by atoms with van der Waals surface area (Å²) in [7, 11) is 0. The molecule has 0 radical (unpaired) electrons. The summed E-state index contributed by atoms with van der Waals surface area (Å²) in [5.41, 5.74) is 8.16. The molecule has 0 aromatic heterocycles. The second kappa shape index (κ2) is 8.95. The Labute approximate surface area is 123 Å². The second-order valence-corrected chi connectivity index (χ2v) is 6.05. The average molecular weight is 278 g/mol. The molecule has 0 amide bonds. The molecule has 0 aliphatic rings. The Hall–Kier alpha value is -1.10. The van der Waals surface area contributed by atoms with Crippen LogP contribution in [0.15, 0.2) is 24.3 Å². The quantitative estimate of drug-likeness (QED) is 0.517. The number of benzene rings is 1. The minimum Gasteiger partial charge on any atom is -0.384 e. The standard InChI is InChI=1S/C16H30N4/c1-16(2,3)14-5-4-6-15(13-14)20-12-11-19-10-9-18-8-7-17/h4-6,13,18-20H,7-12,17H2,1-3H3. The lowest BCUT2D eigenvalue weighted by Gasteiger charge is -2.20. The molecule has 0 atom stereocenters. The summed E-state index contributed by atoms with van der Waals surface area (Å²) >= 11 is 0. The third kappa shape index (κ3) is 6.89. The van der Waals surface area contributed by atoms with Gasteiger partial charge in [0.05, 0.1) is 0 Å². The van der Waals surface area contributed by atoms with Gasteiger partial charge in [-0.3, -0.25) is 0 Å². The van der Waals surface area contributed by atoms with Crippen LogP contribution in [0.2, 0.25) is 0 Å². The minimum absolute atomic E-state index is 0.199. The molecule has 0 bridgehead atoms. The molecule has 1 aromatic rings. The van der Waals surface area contributed by atoms with Crippen molar-refractivity contribution in [1.82, 2.24) is 10.6 Å². The van der Waals surface area contributed by atoms with E-state index < -0.39 is 0 Å². The van der Waals surface area contributed by atoms with E-state index in [-0.39, 0.29) is 5.41 Å². The van der Waals surface area contributed by atoms with Crippen molar-refractivity contribution in [3.63, 3.8) is 0 Å². The van der Waals surface area contributed by atoms with E-state index >= 15 is 0 Å². The fourth-order valence-corrected chi connectivity index (χ4v) is 1.92. The number of nitrogens with one attached hydrogen (secondary N) is 3. The molecule has 0 aliphatic carbocycles. The van der Waals surface area contributed by atoms with Gasteiger partial charge in [-0.05, 0) is 23.1 Å². The highest BCUT2D eigenvalue weighted by Gasteiger charge is 2.13. The monoisotopic (exact) mass is 278 g/mol. The minimum atomic E-state index is 0.199. The third-order valence-electron chi connectivity index (χ3n) is 3.16. The average Bonchev–Trinajstić information content (AvgIpc) is 2.41. The lowest BCUT2D eigenvalue weighted by Crippen LogP contribution is -2.32. The van der Waals surface area contributed by atoms with Crippen molar-refractivity contribution in [3.8, 4) is 0 Å². The number of anilines is 1. The van der Waals surface area contributed by atoms with Crippen molar-refractivity contribution in [3.05, 3.63) is 29.8 Å². The van der Waals surface area contributed by atoms with Crippen molar-refractivity contribution >= 4 is 5.69 Å². The molecule has 4 heteroatoms. The van der Waals surface area contributed by atoms with Crippen molar-refractivity contribution in [2.45, 2.75) is 26.2 Å². The van der Waals surface area contributed by atoms with Gasteiger partial charge in [-0.1, -0.05) is 32.9 Å². The van der Waals surface area contributed by atoms with Gasteiger partial charge in [0.15, 0.2) is 0 Å². The summed E-state index contributed by atoms with van der Waals surface area (Å²) in [5, 5.41) is 10.1. The molecule has 114 valence electrons. The van der Waals surface area contributed by atoms with Gasteiger partial charge in [0.2, 0.25) is 0 Å². The molecule has 0 spiro atoms. The van der Waals surface area contributed by atoms with Crippen LogP contribution in [0.1, 0.15) is 26.3 Å². The molecule has 4 nitrogen and oxygen atoms in total. The van der Waals surface area contributed by atoms with Crippen molar-refractivity contribution < 1.29 is 0 Å². The molecule has 0 fully saturated rings. The van der Waals surface area contributed by atoms with Gasteiger partial charge in [0.1, 0.15) is 0 Å². The molecule has 0 unspecified atom stereocenters. The first-order valence-corrected chi connectivity index (χ1v) is 7.50. The van der Waals surface area contributed by atoms with Crippen molar-refractivity contribution in [2.75, 3.05) is 44.6 Å². The van der Waals surface area contributed by atoms with E-state index in [0.717, 1.165) is 32.7 Å². The summed E-state index contributed by atoms with van der Waals surface area (Å²) in [5.74, 6) is 0. The van der Waals surface area contributed by atoms with E-state index in [2.05, 4.69) is 61.0 Å². The van der Waals surface area contributed by atoms with Gasteiger partial charge in [0, 0.05) is 45.0 Å². The van der Waals surface area contributed by atoms with Crippen LogP contribution >= 0.6 is 0 Å². The Balaban J connectivity index is 2.19. The van der Waals surface area contributed by atoms with Crippen LogP contribution in [0.4, 0.5) is 5.69 Å². The highest BCUT2D eigenvalue weighted by atomic mass is 15.0. The molecule has 1 aromatic carbocycles. The Bertz CT molecular complexity index is 371. The molecule has 1 rings (SSSR count). The zero-order chi connectivity index (χ0) is 14.8. The Morgan fingerprint density at radius 3 is 2.25 bits per heavy atom. The maximum Gasteiger partial charge on any atom is 0.0343 e. The number of hydrogen-bond acceptors (Lipinski definition) is 4. The molecule has 5 N–H and O–H groups in total. The van der Waals surface area contributed by atoms with E-state index in [9.17, 15) is 0 Å². The van der Waals surface area contributed by atoms with Crippen molar-refractivity contribution in [2.24, 2.45) is 5.73 Å². The van der Waals surface area contributed by atoms with E-state index in [1.54, 1.807) is 0 Å². The van der Waals surface area contributed by atoms with Gasteiger partial charge >= 0.3 is 0 Å². The first-order chi connectivity index (χ1) is 9.54. The van der Waals surface area contributed by atoms with Crippen LogP contribution < -0.4 is 21.7 Å². The highest BCUT2D eigenvalue weighted by molar-refractivity contribution is 5.47. The fourth-order valence-electron chi connectivity index (χ4n) is 1.92. The molecular formula is C16H30N4. The molecule has 20 heavy (non-hydrogen) atoms. The fraction of sp³-hybridized carbons (Fsp3) is 0.625. The smallest absolute Gasteiger partial charge is 0.0343 e. The number of rotatable bonds is 9. The van der Waals surface area contributed by atoms with Crippen LogP contribution in [0.25, 0.3) is 0 Å². The molecule has 0 heterocycles. The Morgan fingerprint density at radius 1 is 0.950 bits per heavy atom. The molecule has 0 aliphatic heterocycles. The lowest BCUT2D eigenvalue weighted by atomic mass is 9.87. The zero-order valence-electron chi connectivity index (χ0n) is 13.1. The summed E-state index contributed by atoms with van der Waals surface area (Å²) < 4.78 is 0. The van der Waals surface area contributed by atoms with Gasteiger partial charge in [-0.25, -0.2) is 0 Å². The van der Waals surface area contributed by atoms with E-state index in [1.165, 1.54) is 11.3 Å². The third-order valence-corrected chi connectivity index (χ3v) is 3.16. The summed E-state index contributed by atoms with van der Waals surface area (Å²) in [6.45, 7) is 12.1. The molecule has 0 saturated carbocycles. The summed E-state index contributed by atoms with van der Waals surface area (Å²) in [6, 6.07) is 8.67. The van der Waals surface area contributed by atoms with Gasteiger partial charge in [-0.15, -0.1) is 0 Å². The summed E-state index contributed by atoms with van der Waals surface area (Å²) in [6.07, 6.45) is 0. The largest absolute Gasteiger partial charge is 0.384 e. The topological polar surface area (TPSA) is 62.1 Å². The van der Waals surface area contributed by atoms with Gasteiger partial charge < -0.3 is 21.7 Å². The Kier molecular flexibility index (Phi) is 7.59. The van der Waals surface area contributed by atoms with Crippen LogP contribution in [0.5, 0.6) is 0 Å². The second-order valence-electron chi connectivity index (χ2n) is 6.05. The number of hydrogen-bond donors (Lipinski definition) is 4. The first kappa shape index (κ1) is 17.0. The van der Waals surface area contributed by atoms with Crippen molar-refractivity contribution in [1.29, 1.82) is 0 Å². The van der Waals surface area contributed by atoms with Crippen LogP contribution in [-0.4, -0.2) is 39.3 Å². The molecule has 0 saturated heterocycles. The highest BCUT2D eigenvalue weighted by Crippen LogP contribution is 2.24. The maximum atomic E-state index is 5.41. The van der Waals surface area contributed by atoms with Gasteiger partial charge in [-0.2, -0.15) is 0 Å². The SMILES string of the molecule is CC(C)(C)c1cccc(NCCNCCNCCN)c1. The summed E-state index contributed by atoms with van der Waals surface area (Å²) in [4.78, 5) is 0. The lowest BCUT2D eigenvalue weighted by molar-refractivity contribution is 0.590. The predicted molar refractivity (Wildman–Crippen MR) is 88.4 cm³/mol. The number of nitrogens with two attached hydrogens (primary N) is 1. The maximum absolute atomic E-state index is 5.41. The van der Waals surface area contributed by atoms with E-state index in [1.807, 2.05) is 0 Å². The predicted octanol–water partition coefficient (Wildman–Crippen LogP) is 1.53. The van der Waals surface area contributed by atoms with Crippen LogP contribution in [-0.2, 0) is 5.41 Å². The normalized spacial score (nSPS) is 11.6. The van der Waals surface area contributed by atoms with Gasteiger partial charge in [0.25, 0.3) is 0 Å². The van der Waals surface area contributed by atoms with E-state index in [4.69, 9.17) is 5.73 Å². The van der Waals surface area contributed by atoms with Crippen LogP contribution in [0, 0.1) is 0 Å². The Morgan fingerprint density at radius 2 is 1.60 bits per heavy atom.